The average Bonchev–Trinajstić information content (AvgIpc) is 2.77. The van der Waals surface area contributed by atoms with Crippen LogP contribution in [-0.2, 0) is 10.7 Å². The number of nitrogens with one attached hydrogen (secondary N) is 1. The number of carbonyl (C=O) groups excluding carboxylic acids is 1. The fourth-order valence-corrected chi connectivity index (χ4v) is 3.57. The van der Waals surface area contributed by atoms with E-state index in [9.17, 15) is 31.2 Å². The maximum absolute atomic E-state index is 14.4. The molecule has 0 fully saturated rings. The molecule has 0 aliphatic carbocycles. The first-order valence-electron chi connectivity index (χ1n) is 9.16. The summed E-state index contributed by atoms with van der Waals surface area (Å²) in [6.07, 6.45) is -1.13. The van der Waals surface area contributed by atoms with Crippen molar-refractivity contribution < 1.29 is 40.7 Å². The summed E-state index contributed by atoms with van der Waals surface area (Å²) in [4.78, 5) is 11.4. The highest BCUT2D eigenvalue weighted by Crippen LogP contribution is 2.50. The molecule has 10 heteroatoms. The number of benzene rings is 3. The third-order valence-corrected chi connectivity index (χ3v) is 4.94. The normalized spacial score (nSPS) is 14.9. The Labute approximate surface area is 177 Å². The molecule has 0 saturated carbocycles. The largest absolute Gasteiger partial charge is 0.480 e. The van der Waals surface area contributed by atoms with Gasteiger partial charge < -0.3 is 9.47 Å². The van der Waals surface area contributed by atoms with Crippen LogP contribution in [0.15, 0.2) is 60.7 Å². The molecule has 0 bridgehead atoms. The highest BCUT2D eigenvalue weighted by Gasteiger charge is 2.43. The molecule has 1 unspecified atom stereocenters. The predicted molar refractivity (Wildman–Crippen MR) is 101 cm³/mol. The molecule has 0 saturated heterocycles. The smallest absolute Gasteiger partial charge is 0.387 e. The molecule has 166 valence electrons. The van der Waals surface area contributed by atoms with Crippen molar-refractivity contribution in [1.29, 1.82) is 0 Å². The van der Waals surface area contributed by atoms with E-state index in [1.165, 1.54) is 36.4 Å². The van der Waals surface area contributed by atoms with Crippen molar-refractivity contribution in [3.63, 3.8) is 0 Å². The van der Waals surface area contributed by atoms with Gasteiger partial charge in [-0.25, -0.2) is 4.39 Å². The quantitative estimate of drug-likeness (QED) is 0.400. The number of halogens is 6. The Balaban J connectivity index is 1.94. The van der Waals surface area contributed by atoms with Gasteiger partial charge in [0, 0.05) is 11.1 Å². The fraction of sp³-hybridized carbons (Fsp3) is 0.136. The van der Waals surface area contributed by atoms with E-state index in [-0.39, 0.29) is 33.8 Å². The Morgan fingerprint density at radius 1 is 1.06 bits per heavy atom. The highest BCUT2D eigenvalue weighted by atomic mass is 19.3. The summed E-state index contributed by atoms with van der Waals surface area (Å²) in [5.74, 6) is -7.20. The zero-order valence-electron chi connectivity index (χ0n) is 15.9. The molecule has 1 N–H and O–H groups in total. The summed E-state index contributed by atoms with van der Waals surface area (Å²) in [6, 6.07) is 12.2. The third kappa shape index (κ3) is 3.72. The van der Waals surface area contributed by atoms with Crippen molar-refractivity contribution in [3.05, 3.63) is 83.2 Å². The molecule has 1 atom stereocenters. The van der Waals surface area contributed by atoms with E-state index >= 15 is 0 Å². The average molecular weight is 453 g/mol. The van der Waals surface area contributed by atoms with Gasteiger partial charge in [-0.2, -0.15) is 23.1 Å². The molecule has 0 radical (unpaired) electrons. The minimum atomic E-state index is -4.24. The molecule has 1 aliphatic rings. The van der Waals surface area contributed by atoms with Gasteiger partial charge in [0.05, 0.1) is 5.56 Å². The second kappa shape index (κ2) is 8.10. The number of carbonyl (C=O) groups is 1. The number of amides is 1. The maximum atomic E-state index is 14.4. The van der Waals surface area contributed by atoms with Crippen LogP contribution in [0, 0.1) is 5.82 Å². The fourth-order valence-electron chi connectivity index (χ4n) is 3.57. The molecule has 0 aromatic heterocycles. The summed E-state index contributed by atoms with van der Waals surface area (Å²) >= 11 is 0. The van der Waals surface area contributed by atoms with Crippen molar-refractivity contribution in [2.45, 2.75) is 18.6 Å². The molecule has 1 amide bonds. The summed E-state index contributed by atoms with van der Waals surface area (Å²) in [6.45, 7) is -3.16. The van der Waals surface area contributed by atoms with Crippen LogP contribution in [0.4, 0.5) is 26.4 Å². The Hall–Kier alpha value is -3.69. The van der Waals surface area contributed by atoms with Gasteiger partial charge in [0.15, 0.2) is 0 Å². The Morgan fingerprint density at radius 3 is 2.50 bits per heavy atom. The third-order valence-electron chi connectivity index (χ3n) is 4.94. The Bertz CT molecular complexity index is 1180. The Kier molecular flexibility index (Phi) is 5.45. The zero-order valence-corrected chi connectivity index (χ0v) is 15.9. The lowest BCUT2D eigenvalue weighted by Crippen LogP contribution is -2.34. The van der Waals surface area contributed by atoms with E-state index in [2.05, 4.69) is 4.74 Å². The molecular formula is C22H13F6NO3. The monoisotopic (exact) mass is 453 g/mol. The van der Waals surface area contributed by atoms with E-state index in [0.717, 1.165) is 24.3 Å². The van der Waals surface area contributed by atoms with Crippen LogP contribution in [0.2, 0.25) is 0 Å². The van der Waals surface area contributed by atoms with Crippen molar-refractivity contribution in [1.82, 2.24) is 5.54 Å². The number of fused-ring (bicyclic) bond motifs is 3. The lowest BCUT2D eigenvalue weighted by molar-refractivity contribution is -0.151. The molecule has 4 nitrogen and oxygen atoms in total. The zero-order chi connectivity index (χ0) is 23.0. The lowest BCUT2D eigenvalue weighted by Gasteiger charge is -2.31. The van der Waals surface area contributed by atoms with Gasteiger partial charge in [0.1, 0.15) is 23.4 Å². The van der Waals surface area contributed by atoms with Crippen LogP contribution in [0.1, 0.15) is 22.8 Å². The molecule has 1 heterocycles. The van der Waals surface area contributed by atoms with Gasteiger partial charge >= 0.3 is 18.4 Å². The lowest BCUT2D eigenvalue weighted by atomic mass is 9.87. The minimum Gasteiger partial charge on any atom is -0.480 e. The van der Waals surface area contributed by atoms with Crippen LogP contribution in [-0.4, -0.2) is 12.5 Å². The second-order valence-corrected chi connectivity index (χ2v) is 6.86. The van der Waals surface area contributed by atoms with Gasteiger partial charge in [0.25, 0.3) is 0 Å². The van der Waals surface area contributed by atoms with Gasteiger partial charge in [-0.05, 0) is 41.5 Å². The Morgan fingerprint density at radius 2 is 1.81 bits per heavy atom. The summed E-state index contributed by atoms with van der Waals surface area (Å²) in [5.41, 5.74) is 0.0686. The van der Waals surface area contributed by atoms with Crippen molar-refractivity contribution in [2.24, 2.45) is 0 Å². The summed E-state index contributed by atoms with van der Waals surface area (Å²) < 4.78 is 91.3. The number of hydrogen-bond acceptors (Lipinski definition) is 3. The standard InChI is InChI=1S/C22H13F6NO3/c23-13-4-1-3-11(9-13)19-15-10-12(22(26,27)20(30)29-28)7-8-14(15)18-16(31-19)5-2-6-17(18)32-21(24)25/h1-10,19,21H,(H,29,30). The first-order valence-corrected chi connectivity index (χ1v) is 9.16. The van der Waals surface area contributed by atoms with Gasteiger partial charge in [-0.1, -0.05) is 30.3 Å². The first-order chi connectivity index (χ1) is 15.2. The van der Waals surface area contributed by atoms with Gasteiger partial charge in [-0.3, -0.25) is 4.79 Å². The van der Waals surface area contributed by atoms with Crippen molar-refractivity contribution in [3.8, 4) is 22.6 Å². The van der Waals surface area contributed by atoms with Crippen LogP contribution < -0.4 is 15.0 Å². The van der Waals surface area contributed by atoms with Gasteiger partial charge in [0.2, 0.25) is 0 Å². The highest BCUT2D eigenvalue weighted by molar-refractivity contribution is 5.86. The van der Waals surface area contributed by atoms with E-state index in [0.29, 0.717) is 5.54 Å². The number of alkyl halides is 4. The molecular weight excluding hydrogens is 440 g/mol. The maximum Gasteiger partial charge on any atom is 0.387 e. The molecule has 32 heavy (non-hydrogen) atoms. The second-order valence-electron chi connectivity index (χ2n) is 6.86. The van der Waals surface area contributed by atoms with Crippen LogP contribution in [0.3, 0.4) is 0 Å². The summed E-state index contributed by atoms with van der Waals surface area (Å²) in [7, 11) is 0. The number of rotatable bonds is 5. The van der Waals surface area contributed by atoms with Crippen LogP contribution in [0.25, 0.3) is 11.1 Å². The molecule has 3 aromatic rings. The van der Waals surface area contributed by atoms with E-state index < -0.39 is 35.9 Å². The SMILES string of the molecule is O=C(NF)C(F)(F)c1ccc2c(c1)C(c1cccc(F)c1)Oc1cccc(OC(F)F)c1-2. The van der Waals surface area contributed by atoms with E-state index in [1.807, 2.05) is 0 Å². The molecule has 3 aromatic carbocycles. The van der Waals surface area contributed by atoms with Gasteiger partial charge in [-0.15, -0.1) is 4.48 Å². The van der Waals surface area contributed by atoms with Crippen molar-refractivity contribution in [2.75, 3.05) is 0 Å². The van der Waals surface area contributed by atoms with Crippen LogP contribution in [0.5, 0.6) is 11.5 Å². The molecule has 1 aliphatic heterocycles. The summed E-state index contributed by atoms with van der Waals surface area (Å²) in [5, 5.41) is 0. The molecule has 0 spiro atoms. The topological polar surface area (TPSA) is 47.6 Å². The van der Waals surface area contributed by atoms with Crippen molar-refractivity contribution >= 4 is 5.91 Å². The first kappa shape index (κ1) is 21.5. The minimum absolute atomic E-state index is 0.0252. The predicted octanol–water partition coefficient (Wildman–Crippen LogP) is 5.67. The van der Waals surface area contributed by atoms with Crippen LogP contribution >= 0.6 is 0 Å². The van der Waals surface area contributed by atoms with E-state index in [4.69, 9.17) is 4.74 Å². The number of hydrogen-bond donors (Lipinski definition) is 1. The molecule has 4 rings (SSSR count). The van der Waals surface area contributed by atoms with E-state index in [1.54, 1.807) is 0 Å². The number of ether oxygens (including phenoxy) is 2.